The van der Waals surface area contributed by atoms with E-state index in [2.05, 4.69) is 16.0 Å². The predicted octanol–water partition coefficient (Wildman–Crippen LogP) is 0.418. The van der Waals surface area contributed by atoms with E-state index in [1.807, 2.05) is 37.3 Å². The molecule has 0 aliphatic carbocycles. The summed E-state index contributed by atoms with van der Waals surface area (Å²) >= 11 is 0. The summed E-state index contributed by atoms with van der Waals surface area (Å²) in [5.41, 5.74) is 24.1. The van der Waals surface area contributed by atoms with Crippen molar-refractivity contribution in [3.63, 3.8) is 0 Å². The molecule has 1 rings (SSSR count). The maximum atomic E-state index is 13.1. The number of carbonyl (C=O) groups is 3. The zero-order valence-corrected chi connectivity index (χ0v) is 22.4. The van der Waals surface area contributed by atoms with E-state index in [1.165, 1.54) is 0 Å². The molecule has 3 amide bonds. The minimum absolute atomic E-state index is 0.104. The molecule has 37 heavy (non-hydrogen) atoms. The van der Waals surface area contributed by atoms with Crippen LogP contribution in [-0.4, -0.2) is 61.5 Å². The van der Waals surface area contributed by atoms with E-state index >= 15 is 0 Å². The number of carbonyl (C=O) groups excluding carboxylic acids is 3. The van der Waals surface area contributed by atoms with E-state index in [4.69, 9.17) is 22.9 Å². The van der Waals surface area contributed by atoms with Gasteiger partial charge in [0.2, 0.25) is 17.7 Å². The average Bonchev–Trinajstić information content (AvgIpc) is 2.88. The van der Waals surface area contributed by atoms with Crippen molar-refractivity contribution in [3.05, 3.63) is 35.9 Å². The van der Waals surface area contributed by atoms with Crippen molar-refractivity contribution >= 4 is 17.7 Å². The Hall–Kier alpha value is -2.53. The highest BCUT2D eigenvalue weighted by molar-refractivity contribution is 5.89. The Morgan fingerprint density at radius 2 is 1.30 bits per heavy atom. The summed E-state index contributed by atoms with van der Waals surface area (Å²) in [7, 11) is 0. The second kappa shape index (κ2) is 19.6. The first-order chi connectivity index (χ1) is 17.8. The van der Waals surface area contributed by atoms with E-state index in [9.17, 15) is 14.4 Å². The minimum atomic E-state index is -0.708. The van der Waals surface area contributed by atoms with Crippen molar-refractivity contribution in [1.29, 1.82) is 0 Å². The highest BCUT2D eigenvalue weighted by atomic mass is 16.2. The Morgan fingerprint density at radius 3 is 1.89 bits per heavy atom. The van der Waals surface area contributed by atoms with Gasteiger partial charge in [0, 0.05) is 12.6 Å². The topological polar surface area (TPSA) is 191 Å². The minimum Gasteiger partial charge on any atom is -0.355 e. The molecule has 0 spiro atoms. The van der Waals surface area contributed by atoms with Gasteiger partial charge < -0.3 is 38.9 Å². The summed E-state index contributed by atoms with van der Waals surface area (Å²) in [5.74, 6) is -0.764. The van der Waals surface area contributed by atoms with Crippen molar-refractivity contribution in [3.8, 4) is 0 Å². The van der Waals surface area contributed by atoms with Crippen LogP contribution in [0.4, 0.5) is 0 Å². The zero-order valence-electron chi connectivity index (χ0n) is 22.4. The fourth-order valence-electron chi connectivity index (χ4n) is 4.01. The van der Waals surface area contributed by atoms with Crippen LogP contribution in [0.15, 0.2) is 30.3 Å². The number of nitrogens with one attached hydrogen (secondary N) is 3. The van der Waals surface area contributed by atoms with Gasteiger partial charge in [0.1, 0.15) is 6.04 Å². The highest BCUT2D eigenvalue weighted by Crippen LogP contribution is 2.07. The van der Waals surface area contributed by atoms with E-state index in [1.54, 1.807) is 0 Å². The summed E-state index contributed by atoms with van der Waals surface area (Å²) < 4.78 is 0. The molecule has 11 N–H and O–H groups in total. The van der Waals surface area contributed by atoms with Crippen LogP contribution in [0.5, 0.6) is 0 Å². The van der Waals surface area contributed by atoms with Gasteiger partial charge in [-0.3, -0.25) is 14.4 Å². The summed E-state index contributed by atoms with van der Waals surface area (Å²) in [5, 5.41) is 8.70. The fourth-order valence-corrected chi connectivity index (χ4v) is 4.01. The van der Waals surface area contributed by atoms with Crippen molar-refractivity contribution in [2.75, 3.05) is 19.6 Å². The smallest absolute Gasteiger partial charge is 0.242 e. The van der Waals surface area contributed by atoms with E-state index in [0.717, 1.165) is 31.2 Å². The lowest BCUT2D eigenvalue weighted by atomic mass is 10.0. The van der Waals surface area contributed by atoms with Crippen LogP contribution in [0.3, 0.4) is 0 Å². The Balaban J connectivity index is 2.59. The van der Waals surface area contributed by atoms with Gasteiger partial charge in [-0.2, -0.15) is 0 Å². The summed E-state index contributed by atoms with van der Waals surface area (Å²) in [6.07, 6.45) is 6.74. The summed E-state index contributed by atoms with van der Waals surface area (Å²) in [6, 6.07) is 7.86. The Kier molecular flexibility index (Phi) is 17.2. The lowest BCUT2D eigenvalue weighted by molar-refractivity contribution is -0.130. The number of amides is 3. The third-order valence-corrected chi connectivity index (χ3v) is 6.24. The van der Waals surface area contributed by atoms with Crippen molar-refractivity contribution in [2.24, 2.45) is 22.9 Å². The number of unbranched alkanes of at least 4 members (excludes halogenated alkanes) is 3. The van der Waals surface area contributed by atoms with Crippen LogP contribution in [0.1, 0.15) is 70.3 Å². The van der Waals surface area contributed by atoms with Crippen molar-refractivity contribution in [2.45, 2.75) is 95.3 Å². The molecule has 4 atom stereocenters. The third kappa shape index (κ3) is 14.7. The standard InChI is InChI=1S/C27H49N7O3/c1-20(19-21-11-3-2-4-12-21)33-27(37)24(34-26(36)23(31)14-6-9-17-29)15-7-10-18-32-25(35)22(30)13-5-8-16-28/h2-4,11-12,20,22-24H,5-10,13-19,28-31H2,1H3,(H,32,35)(H,33,37)(H,34,36)/t20-,22-,23-,24-/m0/s1. The molecule has 0 fully saturated rings. The van der Waals surface area contributed by atoms with Gasteiger partial charge in [-0.15, -0.1) is 0 Å². The van der Waals surface area contributed by atoms with Crippen molar-refractivity contribution < 1.29 is 14.4 Å². The van der Waals surface area contributed by atoms with Crippen molar-refractivity contribution in [1.82, 2.24) is 16.0 Å². The molecule has 1 aromatic rings. The van der Waals surface area contributed by atoms with E-state index in [0.29, 0.717) is 58.2 Å². The molecule has 0 radical (unpaired) electrons. The first-order valence-corrected chi connectivity index (χ1v) is 13.6. The maximum absolute atomic E-state index is 13.1. The molecule has 0 unspecified atom stereocenters. The molecule has 0 saturated heterocycles. The maximum Gasteiger partial charge on any atom is 0.242 e. The number of rotatable bonds is 20. The third-order valence-electron chi connectivity index (χ3n) is 6.24. The highest BCUT2D eigenvalue weighted by Gasteiger charge is 2.24. The number of nitrogens with two attached hydrogens (primary N) is 4. The fraction of sp³-hybridized carbons (Fsp3) is 0.667. The molecule has 0 saturated carbocycles. The largest absolute Gasteiger partial charge is 0.355 e. The molecule has 10 heteroatoms. The number of hydrogen-bond acceptors (Lipinski definition) is 7. The van der Waals surface area contributed by atoms with Gasteiger partial charge in [0.25, 0.3) is 0 Å². The Morgan fingerprint density at radius 1 is 0.730 bits per heavy atom. The van der Waals surface area contributed by atoms with Crippen LogP contribution in [-0.2, 0) is 20.8 Å². The monoisotopic (exact) mass is 519 g/mol. The van der Waals surface area contributed by atoms with Gasteiger partial charge in [-0.1, -0.05) is 43.2 Å². The molecule has 0 heterocycles. The second-order valence-electron chi connectivity index (χ2n) is 9.73. The zero-order chi connectivity index (χ0) is 27.5. The van der Waals surface area contributed by atoms with Gasteiger partial charge in [0.15, 0.2) is 0 Å². The summed E-state index contributed by atoms with van der Waals surface area (Å²) in [4.78, 5) is 37.9. The second-order valence-corrected chi connectivity index (χ2v) is 9.73. The molecule has 0 bridgehead atoms. The molecule has 10 nitrogen and oxygen atoms in total. The first kappa shape index (κ1) is 32.5. The average molecular weight is 520 g/mol. The quantitative estimate of drug-likeness (QED) is 0.121. The van der Waals surface area contributed by atoms with Crippen LogP contribution >= 0.6 is 0 Å². The van der Waals surface area contributed by atoms with Gasteiger partial charge in [0.05, 0.1) is 12.1 Å². The van der Waals surface area contributed by atoms with Crippen LogP contribution < -0.4 is 38.9 Å². The molecule has 0 aromatic heterocycles. The normalized spacial score (nSPS) is 14.3. The lowest BCUT2D eigenvalue weighted by Crippen LogP contribution is -2.53. The number of benzene rings is 1. The predicted molar refractivity (Wildman–Crippen MR) is 148 cm³/mol. The Labute approximate surface area is 222 Å². The number of hydrogen-bond donors (Lipinski definition) is 7. The summed E-state index contributed by atoms with van der Waals surface area (Å²) in [6.45, 7) is 3.53. The van der Waals surface area contributed by atoms with Crippen LogP contribution in [0, 0.1) is 0 Å². The van der Waals surface area contributed by atoms with Crippen LogP contribution in [0.2, 0.25) is 0 Å². The van der Waals surface area contributed by atoms with Gasteiger partial charge in [-0.25, -0.2) is 0 Å². The van der Waals surface area contributed by atoms with E-state index in [-0.39, 0.29) is 23.8 Å². The first-order valence-electron chi connectivity index (χ1n) is 13.6. The molecular formula is C27H49N7O3. The van der Waals surface area contributed by atoms with Crippen LogP contribution in [0.25, 0.3) is 0 Å². The van der Waals surface area contributed by atoms with Gasteiger partial charge >= 0.3 is 0 Å². The molecule has 0 aliphatic heterocycles. The molecule has 210 valence electrons. The molecular weight excluding hydrogens is 470 g/mol. The molecule has 0 aliphatic rings. The van der Waals surface area contributed by atoms with E-state index < -0.39 is 18.1 Å². The lowest BCUT2D eigenvalue weighted by Gasteiger charge is -2.23. The Bertz CT molecular complexity index is 779. The van der Waals surface area contributed by atoms with Gasteiger partial charge in [-0.05, 0) is 76.9 Å². The SMILES string of the molecule is C[C@@H](Cc1ccccc1)NC(=O)[C@H](CCCCNC(=O)[C@@H](N)CCCCN)NC(=O)[C@@H](N)CCCCN. The molecule has 1 aromatic carbocycles.